The molecule has 0 bridgehead atoms. The number of aryl methyl sites for hydroxylation is 1. The molecule has 0 aliphatic rings. The molecule has 2 aromatic carbocycles. The van der Waals surface area contributed by atoms with Gasteiger partial charge in [0.05, 0.1) is 22.6 Å². The highest BCUT2D eigenvalue weighted by Gasteiger charge is 2.25. The average Bonchev–Trinajstić information content (AvgIpc) is 3.08. The predicted molar refractivity (Wildman–Crippen MR) is 120 cm³/mol. The van der Waals surface area contributed by atoms with Crippen molar-refractivity contribution in [2.75, 3.05) is 18.4 Å². The van der Waals surface area contributed by atoms with Gasteiger partial charge in [-0.3, -0.25) is 14.4 Å². The fourth-order valence-electron chi connectivity index (χ4n) is 3.48. The molecule has 0 aliphatic carbocycles. The second-order valence-electron chi connectivity index (χ2n) is 7.13. The van der Waals surface area contributed by atoms with Crippen LogP contribution in [0.3, 0.4) is 0 Å². The quantitative estimate of drug-likeness (QED) is 0.467. The average molecular weight is 418 g/mol. The van der Waals surface area contributed by atoms with Crippen molar-refractivity contribution in [2.24, 2.45) is 0 Å². The van der Waals surface area contributed by atoms with Gasteiger partial charge in [0.2, 0.25) is 0 Å². The van der Waals surface area contributed by atoms with Gasteiger partial charge in [-0.05, 0) is 64.1 Å². The Bertz CT molecular complexity index is 1100. The van der Waals surface area contributed by atoms with Crippen molar-refractivity contribution in [3.63, 3.8) is 0 Å². The van der Waals surface area contributed by atoms with Crippen LogP contribution in [0.25, 0.3) is 5.69 Å². The molecule has 1 aromatic heterocycles. The van der Waals surface area contributed by atoms with Gasteiger partial charge in [0.15, 0.2) is 0 Å². The minimum Gasteiger partial charge on any atom is -0.339 e. The third kappa shape index (κ3) is 4.55. The second kappa shape index (κ2) is 9.38. The number of hydrogen-bond acceptors (Lipinski definition) is 4. The van der Waals surface area contributed by atoms with Crippen LogP contribution in [0.1, 0.15) is 46.0 Å². The summed E-state index contributed by atoms with van der Waals surface area (Å²) in [7, 11) is 0. The highest BCUT2D eigenvalue weighted by molar-refractivity contribution is 6.47. The Labute approximate surface area is 181 Å². The molecule has 0 unspecified atom stereocenters. The SMILES string of the molecule is CCN(CC)C(=O)c1ccc(NC(=O)C(=O)c2c(C)nn(-c3ccccc3)c2C)cc1. The van der Waals surface area contributed by atoms with Crippen LogP contribution < -0.4 is 5.32 Å². The number of benzene rings is 2. The van der Waals surface area contributed by atoms with Crippen LogP contribution in [0.2, 0.25) is 0 Å². The van der Waals surface area contributed by atoms with Crippen LogP contribution in [0.5, 0.6) is 0 Å². The van der Waals surface area contributed by atoms with E-state index in [9.17, 15) is 14.4 Å². The zero-order valence-corrected chi connectivity index (χ0v) is 18.2. The summed E-state index contributed by atoms with van der Waals surface area (Å²) in [5.74, 6) is -1.47. The molecule has 7 nitrogen and oxygen atoms in total. The molecule has 0 saturated carbocycles. The molecule has 160 valence electrons. The molecular weight excluding hydrogens is 392 g/mol. The molecule has 0 spiro atoms. The number of aromatic nitrogens is 2. The number of hydrogen-bond donors (Lipinski definition) is 1. The van der Waals surface area contributed by atoms with Gasteiger partial charge in [0.25, 0.3) is 17.6 Å². The Morgan fingerprint density at radius 2 is 1.55 bits per heavy atom. The lowest BCUT2D eigenvalue weighted by atomic mass is 10.1. The lowest BCUT2D eigenvalue weighted by Gasteiger charge is -2.18. The summed E-state index contributed by atoms with van der Waals surface area (Å²) in [6.07, 6.45) is 0. The van der Waals surface area contributed by atoms with E-state index in [2.05, 4.69) is 10.4 Å². The van der Waals surface area contributed by atoms with Crippen molar-refractivity contribution in [2.45, 2.75) is 27.7 Å². The molecule has 0 radical (unpaired) electrons. The van der Waals surface area contributed by atoms with Gasteiger partial charge in [-0.2, -0.15) is 5.10 Å². The first-order chi connectivity index (χ1) is 14.9. The first-order valence-corrected chi connectivity index (χ1v) is 10.2. The van der Waals surface area contributed by atoms with Gasteiger partial charge in [-0.1, -0.05) is 18.2 Å². The summed E-state index contributed by atoms with van der Waals surface area (Å²) in [5, 5.41) is 7.04. The van der Waals surface area contributed by atoms with E-state index in [-0.39, 0.29) is 11.5 Å². The molecule has 0 saturated heterocycles. The summed E-state index contributed by atoms with van der Waals surface area (Å²) >= 11 is 0. The summed E-state index contributed by atoms with van der Waals surface area (Å²) in [6.45, 7) is 8.56. The van der Waals surface area contributed by atoms with Crippen LogP contribution in [0.4, 0.5) is 5.69 Å². The molecule has 0 aliphatic heterocycles. The molecular formula is C24H26N4O3. The number of anilines is 1. The summed E-state index contributed by atoms with van der Waals surface area (Å²) in [6, 6.07) is 16.0. The molecule has 0 atom stereocenters. The van der Waals surface area contributed by atoms with Crippen molar-refractivity contribution >= 4 is 23.3 Å². The van der Waals surface area contributed by atoms with E-state index in [0.717, 1.165) is 5.69 Å². The second-order valence-corrected chi connectivity index (χ2v) is 7.13. The molecule has 2 amide bonds. The maximum absolute atomic E-state index is 12.9. The van der Waals surface area contributed by atoms with E-state index >= 15 is 0 Å². The molecule has 31 heavy (non-hydrogen) atoms. The van der Waals surface area contributed by atoms with E-state index < -0.39 is 11.7 Å². The van der Waals surface area contributed by atoms with Gasteiger partial charge in [-0.15, -0.1) is 0 Å². The van der Waals surface area contributed by atoms with Gasteiger partial charge in [-0.25, -0.2) is 4.68 Å². The predicted octanol–water partition coefficient (Wildman–Crippen LogP) is 3.79. The van der Waals surface area contributed by atoms with Crippen molar-refractivity contribution in [3.8, 4) is 5.69 Å². The molecule has 1 heterocycles. The fourth-order valence-corrected chi connectivity index (χ4v) is 3.48. The first-order valence-electron chi connectivity index (χ1n) is 10.2. The standard InChI is InChI=1S/C24H26N4O3/c1-5-27(6-2)24(31)18-12-14-19(15-13-18)25-23(30)22(29)21-16(3)26-28(17(21)4)20-10-8-7-9-11-20/h7-15H,5-6H2,1-4H3,(H,25,30). The number of amides is 2. The zero-order chi connectivity index (χ0) is 22.5. The largest absolute Gasteiger partial charge is 0.339 e. The highest BCUT2D eigenvalue weighted by Crippen LogP contribution is 2.19. The van der Waals surface area contributed by atoms with Gasteiger partial charge < -0.3 is 10.2 Å². The van der Waals surface area contributed by atoms with Crippen LogP contribution in [0.15, 0.2) is 54.6 Å². The van der Waals surface area contributed by atoms with E-state index in [1.54, 1.807) is 47.7 Å². The van der Waals surface area contributed by atoms with E-state index in [4.69, 9.17) is 0 Å². The maximum atomic E-state index is 12.9. The number of para-hydroxylation sites is 1. The van der Waals surface area contributed by atoms with E-state index in [1.165, 1.54) is 0 Å². The van der Waals surface area contributed by atoms with Gasteiger partial charge in [0, 0.05) is 24.3 Å². The molecule has 0 fully saturated rings. The number of nitrogens with zero attached hydrogens (tertiary/aromatic N) is 3. The van der Waals surface area contributed by atoms with Gasteiger partial charge in [0.1, 0.15) is 0 Å². The topological polar surface area (TPSA) is 84.3 Å². The number of carbonyl (C=O) groups is 3. The van der Waals surface area contributed by atoms with Crippen molar-refractivity contribution in [1.82, 2.24) is 14.7 Å². The minimum atomic E-state index is -0.748. The number of rotatable bonds is 7. The van der Waals surface area contributed by atoms with Crippen LogP contribution in [0, 0.1) is 13.8 Å². The molecule has 3 rings (SSSR count). The minimum absolute atomic E-state index is 0.0708. The van der Waals surface area contributed by atoms with Crippen molar-refractivity contribution in [3.05, 3.63) is 77.1 Å². The van der Waals surface area contributed by atoms with Crippen LogP contribution in [-0.4, -0.2) is 45.4 Å². The van der Waals surface area contributed by atoms with Crippen molar-refractivity contribution < 1.29 is 14.4 Å². The summed E-state index contributed by atoms with van der Waals surface area (Å²) < 4.78 is 1.66. The smallest absolute Gasteiger partial charge is 0.296 e. The number of nitrogens with one attached hydrogen (secondary N) is 1. The number of Topliss-reactive ketones (excluding diaryl/α,β-unsaturated/α-hetero) is 1. The van der Waals surface area contributed by atoms with E-state index in [0.29, 0.717) is 35.7 Å². The summed E-state index contributed by atoms with van der Waals surface area (Å²) in [4.78, 5) is 39.6. The Morgan fingerprint density at radius 1 is 0.935 bits per heavy atom. The lowest BCUT2D eigenvalue weighted by Crippen LogP contribution is -2.30. The normalized spacial score (nSPS) is 10.6. The third-order valence-electron chi connectivity index (χ3n) is 5.17. The highest BCUT2D eigenvalue weighted by atomic mass is 16.2. The Hall–Kier alpha value is -3.74. The third-order valence-corrected chi connectivity index (χ3v) is 5.17. The number of carbonyl (C=O) groups excluding carboxylic acids is 3. The zero-order valence-electron chi connectivity index (χ0n) is 18.2. The molecule has 7 heteroatoms. The monoisotopic (exact) mass is 418 g/mol. The Morgan fingerprint density at radius 3 is 2.13 bits per heavy atom. The first kappa shape index (κ1) is 22.0. The van der Waals surface area contributed by atoms with E-state index in [1.807, 2.05) is 44.2 Å². The molecule has 3 aromatic rings. The number of ketones is 1. The van der Waals surface area contributed by atoms with Crippen LogP contribution >= 0.6 is 0 Å². The fraction of sp³-hybridized carbons (Fsp3) is 0.250. The lowest BCUT2D eigenvalue weighted by molar-refractivity contribution is -0.112. The maximum Gasteiger partial charge on any atom is 0.296 e. The van der Waals surface area contributed by atoms with Crippen LogP contribution in [-0.2, 0) is 4.79 Å². The Kier molecular flexibility index (Phi) is 6.65. The van der Waals surface area contributed by atoms with Crippen molar-refractivity contribution in [1.29, 1.82) is 0 Å². The Balaban J connectivity index is 1.77. The molecule has 1 N–H and O–H groups in total. The summed E-state index contributed by atoms with van der Waals surface area (Å²) in [5.41, 5.74) is 3.17. The van der Waals surface area contributed by atoms with Gasteiger partial charge >= 0.3 is 0 Å².